The molecule has 16 heavy (non-hydrogen) atoms. The Morgan fingerprint density at radius 3 is 2.81 bits per heavy atom. The molecule has 0 aliphatic carbocycles. The molecular weight excluding hydrogens is 293 g/mol. The topological polar surface area (TPSA) is 42.2 Å². The van der Waals surface area contributed by atoms with E-state index in [1.807, 2.05) is 13.8 Å². The molecule has 1 heterocycles. The molecule has 90 valence electrons. The van der Waals surface area contributed by atoms with Crippen molar-refractivity contribution in [3.8, 4) is 0 Å². The van der Waals surface area contributed by atoms with E-state index in [-0.39, 0.29) is 16.7 Å². The number of hydrogen-bond donors (Lipinski definition) is 1. The molecule has 0 saturated heterocycles. The average Bonchev–Trinajstić information content (AvgIpc) is 2.65. The Hall–Kier alpha value is -0.480. The quantitative estimate of drug-likeness (QED) is 0.844. The van der Waals surface area contributed by atoms with Crippen LogP contribution in [-0.2, 0) is 0 Å². The Morgan fingerprint density at radius 1 is 1.69 bits per heavy atom. The fourth-order valence-corrected chi connectivity index (χ4v) is 2.41. The molecule has 3 nitrogen and oxygen atoms in total. The molecular formula is C11H15BrClNO2. The summed E-state index contributed by atoms with van der Waals surface area (Å²) >= 11 is 9.13. The predicted molar refractivity (Wildman–Crippen MR) is 68.3 cm³/mol. The number of rotatable bonds is 5. The van der Waals surface area contributed by atoms with Crippen LogP contribution < -0.4 is 5.32 Å². The van der Waals surface area contributed by atoms with Crippen LogP contribution in [0.3, 0.4) is 0 Å². The molecule has 1 unspecified atom stereocenters. The Bertz CT molecular complexity index is 367. The lowest BCUT2D eigenvalue weighted by Crippen LogP contribution is -2.45. The van der Waals surface area contributed by atoms with Gasteiger partial charge in [0.1, 0.15) is 0 Å². The van der Waals surface area contributed by atoms with Crippen molar-refractivity contribution in [1.82, 2.24) is 5.32 Å². The van der Waals surface area contributed by atoms with Gasteiger partial charge in [-0.3, -0.25) is 4.79 Å². The molecule has 1 aromatic rings. The largest absolute Gasteiger partial charge is 0.452 e. The van der Waals surface area contributed by atoms with Gasteiger partial charge >= 0.3 is 0 Å². The number of hydrogen-bond acceptors (Lipinski definition) is 2. The second-order valence-electron chi connectivity index (χ2n) is 3.92. The Balaban J connectivity index is 2.73. The van der Waals surface area contributed by atoms with E-state index < -0.39 is 0 Å². The first-order valence-corrected chi connectivity index (χ1v) is 6.64. The van der Waals surface area contributed by atoms with E-state index in [9.17, 15) is 4.79 Å². The van der Waals surface area contributed by atoms with Gasteiger partial charge in [-0.15, -0.1) is 0 Å². The van der Waals surface area contributed by atoms with Gasteiger partial charge < -0.3 is 9.73 Å². The highest BCUT2D eigenvalue weighted by Gasteiger charge is 2.25. The van der Waals surface area contributed by atoms with Crippen molar-refractivity contribution < 1.29 is 9.21 Å². The van der Waals surface area contributed by atoms with Crippen LogP contribution >= 0.6 is 27.5 Å². The summed E-state index contributed by atoms with van der Waals surface area (Å²) in [5, 5.41) is 3.95. The molecule has 1 N–H and O–H groups in total. The number of carbonyl (C=O) groups is 1. The zero-order chi connectivity index (χ0) is 12.2. The maximum atomic E-state index is 11.9. The Labute approximate surface area is 109 Å². The van der Waals surface area contributed by atoms with Crippen LogP contribution in [0.1, 0.15) is 37.0 Å². The lowest BCUT2D eigenvalue weighted by molar-refractivity contribution is 0.0901. The number of furan rings is 1. The van der Waals surface area contributed by atoms with Gasteiger partial charge in [-0.2, -0.15) is 0 Å². The lowest BCUT2D eigenvalue weighted by atomic mass is 9.95. The number of nitrogens with one attached hydrogen (secondary N) is 1. The van der Waals surface area contributed by atoms with Crippen LogP contribution in [0.4, 0.5) is 0 Å². The molecule has 0 aromatic carbocycles. The third-order valence-electron chi connectivity index (χ3n) is 2.70. The molecule has 0 saturated carbocycles. The lowest BCUT2D eigenvalue weighted by Gasteiger charge is -2.28. The van der Waals surface area contributed by atoms with Gasteiger partial charge in [-0.25, -0.2) is 0 Å². The highest BCUT2D eigenvalue weighted by atomic mass is 79.9. The zero-order valence-electron chi connectivity index (χ0n) is 9.35. The van der Waals surface area contributed by atoms with Crippen molar-refractivity contribution in [1.29, 1.82) is 0 Å². The normalized spacial score (nSPS) is 14.5. The molecule has 1 atom stereocenters. The minimum absolute atomic E-state index is 0.134. The summed E-state index contributed by atoms with van der Waals surface area (Å²) in [5.41, 5.74) is 0.164. The first kappa shape index (κ1) is 13.6. The van der Waals surface area contributed by atoms with Gasteiger partial charge in [0.2, 0.25) is 5.22 Å². The fraction of sp³-hybridized carbons (Fsp3) is 0.545. The highest BCUT2D eigenvalue weighted by Crippen LogP contribution is 2.20. The molecule has 1 rings (SSSR count). The van der Waals surface area contributed by atoms with Crippen molar-refractivity contribution in [3.05, 3.63) is 23.1 Å². The van der Waals surface area contributed by atoms with Crippen LogP contribution in [0, 0.1) is 0 Å². The van der Waals surface area contributed by atoms with Crippen molar-refractivity contribution in [2.75, 3.05) is 5.33 Å². The van der Waals surface area contributed by atoms with Gasteiger partial charge in [0.25, 0.3) is 5.91 Å². The standard InChI is InChI=1S/C11H15BrClNO2/c1-3-11(2,5-6-12)14-10(15)8-4-7-16-9(8)13/h4,7H,3,5-6H2,1-2H3,(H,14,15). The van der Waals surface area contributed by atoms with E-state index in [0.717, 1.165) is 18.2 Å². The van der Waals surface area contributed by atoms with E-state index >= 15 is 0 Å². The molecule has 1 amide bonds. The third kappa shape index (κ3) is 3.25. The van der Waals surface area contributed by atoms with Gasteiger partial charge in [0, 0.05) is 10.9 Å². The van der Waals surface area contributed by atoms with Crippen LogP contribution in [0.15, 0.2) is 16.7 Å². The summed E-state index contributed by atoms with van der Waals surface area (Å²) < 4.78 is 4.89. The summed E-state index contributed by atoms with van der Waals surface area (Å²) in [5.74, 6) is -0.191. The van der Waals surface area contributed by atoms with E-state index in [1.165, 1.54) is 6.26 Å². The van der Waals surface area contributed by atoms with Crippen LogP contribution in [0.2, 0.25) is 5.22 Å². The molecule has 1 aromatic heterocycles. The first-order valence-electron chi connectivity index (χ1n) is 5.14. The van der Waals surface area contributed by atoms with E-state index in [0.29, 0.717) is 5.56 Å². The first-order chi connectivity index (χ1) is 7.52. The van der Waals surface area contributed by atoms with Crippen molar-refractivity contribution in [3.63, 3.8) is 0 Å². The molecule has 0 radical (unpaired) electrons. The molecule has 5 heteroatoms. The van der Waals surface area contributed by atoms with Crippen molar-refractivity contribution in [2.24, 2.45) is 0 Å². The molecule has 0 spiro atoms. The summed E-state index contributed by atoms with van der Waals surface area (Å²) in [6.45, 7) is 4.06. The van der Waals surface area contributed by atoms with Gasteiger partial charge in [-0.05, 0) is 37.4 Å². The van der Waals surface area contributed by atoms with Crippen LogP contribution in [0.5, 0.6) is 0 Å². The molecule has 0 aliphatic rings. The van der Waals surface area contributed by atoms with Gasteiger partial charge in [0.05, 0.1) is 11.8 Å². The monoisotopic (exact) mass is 307 g/mol. The van der Waals surface area contributed by atoms with E-state index in [2.05, 4.69) is 21.2 Å². The number of carbonyl (C=O) groups excluding carboxylic acids is 1. The van der Waals surface area contributed by atoms with Crippen molar-refractivity contribution >= 4 is 33.4 Å². The summed E-state index contributed by atoms with van der Waals surface area (Å²) in [7, 11) is 0. The summed E-state index contributed by atoms with van der Waals surface area (Å²) in [6.07, 6.45) is 3.13. The predicted octanol–water partition coefficient (Wildman–Crippen LogP) is 3.62. The van der Waals surface area contributed by atoms with Crippen LogP contribution in [-0.4, -0.2) is 16.8 Å². The Kier molecular flexibility index (Phi) is 4.87. The highest BCUT2D eigenvalue weighted by molar-refractivity contribution is 9.09. The number of halogens is 2. The number of alkyl halides is 1. The fourth-order valence-electron chi connectivity index (χ4n) is 1.33. The zero-order valence-corrected chi connectivity index (χ0v) is 11.7. The summed E-state index contributed by atoms with van der Waals surface area (Å²) in [6, 6.07) is 1.57. The minimum Gasteiger partial charge on any atom is -0.452 e. The van der Waals surface area contributed by atoms with E-state index in [1.54, 1.807) is 6.07 Å². The average molecular weight is 309 g/mol. The molecule has 0 bridgehead atoms. The SMILES string of the molecule is CCC(C)(CCBr)NC(=O)c1ccoc1Cl. The Morgan fingerprint density at radius 2 is 2.38 bits per heavy atom. The maximum Gasteiger partial charge on any atom is 0.256 e. The van der Waals surface area contributed by atoms with Gasteiger partial charge in [-0.1, -0.05) is 22.9 Å². The van der Waals surface area contributed by atoms with Crippen LogP contribution in [0.25, 0.3) is 0 Å². The van der Waals surface area contributed by atoms with E-state index in [4.69, 9.17) is 16.0 Å². The number of amides is 1. The second kappa shape index (κ2) is 5.73. The molecule has 0 fully saturated rings. The van der Waals surface area contributed by atoms with Crippen molar-refractivity contribution in [2.45, 2.75) is 32.2 Å². The van der Waals surface area contributed by atoms with Gasteiger partial charge in [0.15, 0.2) is 0 Å². The smallest absolute Gasteiger partial charge is 0.256 e. The molecule has 0 aliphatic heterocycles. The minimum atomic E-state index is -0.221. The summed E-state index contributed by atoms with van der Waals surface area (Å²) in [4.78, 5) is 11.9. The third-order valence-corrected chi connectivity index (χ3v) is 3.39. The second-order valence-corrected chi connectivity index (χ2v) is 5.05. The maximum absolute atomic E-state index is 11.9.